The third kappa shape index (κ3) is 6.36. The molecular formula is C15H25N3O. The zero-order valence-corrected chi connectivity index (χ0v) is 11.6. The summed E-state index contributed by atoms with van der Waals surface area (Å²) in [6, 6.07) is 10.2. The van der Waals surface area contributed by atoms with Crippen molar-refractivity contribution in [3.05, 3.63) is 35.9 Å². The average Bonchev–Trinajstić information content (AvgIpc) is 2.38. The highest BCUT2D eigenvalue weighted by Crippen LogP contribution is 2.06. The van der Waals surface area contributed by atoms with Crippen molar-refractivity contribution in [3.63, 3.8) is 0 Å². The van der Waals surface area contributed by atoms with Crippen LogP contribution in [0.5, 0.6) is 0 Å². The zero-order chi connectivity index (χ0) is 14.1. The second-order valence-corrected chi connectivity index (χ2v) is 5.00. The van der Waals surface area contributed by atoms with E-state index < -0.39 is 0 Å². The summed E-state index contributed by atoms with van der Waals surface area (Å²) in [6.07, 6.45) is 3.50. The molecule has 4 heteroatoms. The number of amides is 1. The Morgan fingerprint density at radius 3 is 2.53 bits per heavy atom. The Morgan fingerprint density at radius 2 is 1.95 bits per heavy atom. The predicted molar refractivity (Wildman–Crippen MR) is 78.6 cm³/mol. The Labute approximate surface area is 115 Å². The number of benzene rings is 1. The Hall–Kier alpha value is -1.39. The van der Waals surface area contributed by atoms with E-state index >= 15 is 0 Å². The molecule has 0 unspecified atom stereocenters. The number of carbonyl (C=O) groups is 1. The van der Waals surface area contributed by atoms with E-state index in [1.807, 2.05) is 18.2 Å². The molecule has 0 saturated carbocycles. The van der Waals surface area contributed by atoms with Crippen LogP contribution in [0, 0.1) is 0 Å². The van der Waals surface area contributed by atoms with Gasteiger partial charge in [-0.05, 0) is 38.3 Å². The first-order valence-electron chi connectivity index (χ1n) is 6.93. The van der Waals surface area contributed by atoms with Crippen molar-refractivity contribution in [2.45, 2.75) is 44.7 Å². The maximum absolute atomic E-state index is 11.4. The van der Waals surface area contributed by atoms with Crippen LogP contribution >= 0.6 is 0 Å². The normalized spacial score (nSPS) is 14.0. The molecule has 0 heterocycles. The van der Waals surface area contributed by atoms with Crippen LogP contribution in [0.15, 0.2) is 30.3 Å². The number of rotatable bonds is 9. The van der Waals surface area contributed by atoms with E-state index in [0.717, 1.165) is 25.7 Å². The van der Waals surface area contributed by atoms with Gasteiger partial charge in [-0.15, -0.1) is 0 Å². The zero-order valence-electron chi connectivity index (χ0n) is 11.6. The first-order valence-corrected chi connectivity index (χ1v) is 6.93. The first-order chi connectivity index (χ1) is 9.13. The molecule has 1 aromatic rings. The Balaban J connectivity index is 2.42. The van der Waals surface area contributed by atoms with Gasteiger partial charge < -0.3 is 16.8 Å². The molecule has 0 radical (unpaired) electrons. The molecule has 0 aliphatic rings. The molecule has 1 amide bonds. The van der Waals surface area contributed by atoms with Crippen LogP contribution in [0.25, 0.3) is 0 Å². The van der Waals surface area contributed by atoms with Crippen molar-refractivity contribution in [1.29, 1.82) is 0 Å². The second kappa shape index (κ2) is 8.67. The fraction of sp³-hybridized carbons (Fsp3) is 0.533. The molecule has 0 spiro atoms. The van der Waals surface area contributed by atoms with Gasteiger partial charge in [0.25, 0.3) is 0 Å². The lowest BCUT2D eigenvalue weighted by molar-refractivity contribution is -0.120. The van der Waals surface area contributed by atoms with Gasteiger partial charge in [0.1, 0.15) is 0 Å². The van der Waals surface area contributed by atoms with Gasteiger partial charge in [0, 0.05) is 6.04 Å². The fourth-order valence-electron chi connectivity index (χ4n) is 2.17. The van der Waals surface area contributed by atoms with Crippen LogP contribution in [0.2, 0.25) is 0 Å². The Morgan fingerprint density at radius 1 is 1.26 bits per heavy atom. The molecule has 1 aromatic carbocycles. The number of nitrogens with two attached hydrogens (primary N) is 2. The molecule has 2 atom stereocenters. The molecule has 19 heavy (non-hydrogen) atoms. The van der Waals surface area contributed by atoms with Crippen LogP contribution in [0.4, 0.5) is 0 Å². The van der Waals surface area contributed by atoms with E-state index in [1.54, 1.807) is 0 Å². The molecule has 0 aliphatic heterocycles. The number of primary amides is 1. The number of hydrogen-bond donors (Lipinski definition) is 3. The summed E-state index contributed by atoms with van der Waals surface area (Å²) in [4.78, 5) is 11.4. The number of hydrogen-bond acceptors (Lipinski definition) is 3. The van der Waals surface area contributed by atoms with Crippen molar-refractivity contribution in [2.24, 2.45) is 11.5 Å². The Kier molecular flexibility index (Phi) is 7.15. The van der Waals surface area contributed by atoms with E-state index in [0.29, 0.717) is 6.54 Å². The number of unbranched alkanes of at least 4 members (excludes halogenated alkanes) is 1. The van der Waals surface area contributed by atoms with E-state index in [-0.39, 0.29) is 18.0 Å². The monoisotopic (exact) mass is 263 g/mol. The second-order valence-electron chi connectivity index (χ2n) is 5.00. The lowest BCUT2D eigenvalue weighted by Gasteiger charge is -2.21. The van der Waals surface area contributed by atoms with Gasteiger partial charge in [0.05, 0.1) is 6.04 Å². The minimum absolute atomic E-state index is 0.220. The minimum Gasteiger partial charge on any atom is -0.368 e. The fourth-order valence-corrected chi connectivity index (χ4v) is 2.17. The molecule has 106 valence electrons. The summed E-state index contributed by atoms with van der Waals surface area (Å²) < 4.78 is 0. The molecule has 0 aromatic heterocycles. The summed E-state index contributed by atoms with van der Waals surface area (Å²) >= 11 is 0. The third-order valence-electron chi connectivity index (χ3n) is 3.16. The van der Waals surface area contributed by atoms with E-state index in [9.17, 15) is 4.79 Å². The molecule has 5 N–H and O–H groups in total. The Bertz CT molecular complexity index is 367. The van der Waals surface area contributed by atoms with Crippen molar-refractivity contribution >= 4 is 5.91 Å². The van der Waals surface area contributed by atoms with E-state index in [2.05, 4.69) is 24.4 Å². The highest BCUT2D eigenvalue weighted by atomic mass is 16.1. The highest BCUT2D eigenvalue weighted by molar-refractivity contribution is 5.79. The van der Waals surface area contributed by atoms with Gasteiger partial charge in [0.15, 0.2) is 0 Å². The summed E-state index contributed by atoms with van der Waals surface area (Å²) in [6.45, 7) is 2.73. The predicted octanol–water partition coefficient (Wildman–Crippen LogP) is 1.19. The molecule has 0 fully saturated rings. The molecular weight excluding hydrogens is 238 g/mol. The van der Waals surface area contributed by atoms with Crippen molar-refractivity contribution in [2.75, 3.05) is 6.54 Å². The van der Waals surface area contributed by atoms with E-state index in [4.69, 9.17) is 11.5 Å². The van der Waals surface area contributed by atoms with Gasteiger partial charge >= 0.3 is 0 Å². The largest absolute Gasteiger partial charge is 0.368 e. The van der Waals surface area contributed by atoms with Crippen molar-refractivity contribution in [3.8, 4) is 0 Å². The van der Waals surface area contributed by atoms with E-state index in [1.165, 1.54) is 5.56 Å². The summed E-state index contributed by atoms with van der Waals surface area (Å²) in [5.74, 6) is -0.281. The first kappa shape index (κ1) is 15.7. The summed E-state index contributed by atoms with van der Waals surface area (Å²) in [5, 5.41) is 3.31. The van der Waals surface area contributed by atoms with Crippen LogP contribution < -0.4 is 16.8 Å². The van der Waals surface area contributed by atoms with Crippen LogP contribution in [-0.4, -0.2) is 24.5 Å². The minimum atomic E-state index is -0.281. The molecule has 0 bridgehead atoms. The topological polar surface area (TPSA) is 81.1 Å². The van der Waals surface area contributed by atoms with Gasteiger partial charge in [-0.1, -0.05) is 36.8 Å². The van der Waals surface area contributed by atoms with Gasteiger partial charge in [0.2, 0.25) is 5.91 Å². The van der Waals surface area contributed by atoms with Crippen molar-refractivity contribution in [1.82, 2.24) is 5.32 Å². The van der Waals surface area contributed by atoms with Gasteiger partial charge in [-0.3, -0.25) is 4.79 Å². The van der Waals surface area contributed by atoms with Gasteiger partial charge in [-0.25, -0.2) is 0 Å². The van der Waals surface area contributed by atoms with Crippen molar-refractivity contribution < 1.29 is 4.79 Å². The molecule has 1 rings (SSSR count). The third-order valence-corrected chi connectivity index (χ3v) is 3.16. The molecule has 0 saturated heterocycles. The quantitative estimate of drug-likeness (QED) is 0.585. The maximum atomic E-state index is 11.4. The molecule has 0 aliphatic carbocycles. The lowest BCUT2D eigenvalue weighted by Crippen LogP contribution is -2.46. The SMILES string of the molecule is C[C@@H](Cc1ccccc1)N[C@@H](CCCCN)C(N)=O. The smallest absolute Gasteiger partial charge is 0.234 e. The lowest BCUT2D eigenvalue weighted by atomic mass is 10.0. The average molecular weight is 263 g/mol. The standard InChI is InChI=1S/C15H25N3O/c1-12(11-13-7-3-2-4-8-13)18-14(15(17)19)9-5-6-10-16/h2-4,7-8,12,14,18H,5-6,9-11,16H2,1H3,(H2,17,19)/t12-,14-/m0/s1. The van der Waals surface area contributed by atoms with Gasteiger partial charge in [-0.2, -0.15) is 0 Å². The highest BCUT2D eigenvalue weighted by Gasteiger charge is 2.17. The summed E-state index contributed by atoms with van der Waals surface area (Å²) in [7, 11) is 0. The van der Waals surface area contributed by atoms with Crippen LogP contribution in [-0.2, 0) is 11.2 Å². The molecule has 4 nitrogen and oxygen atoms in total. The summed E-state index contributed by atoms with van der Waals surface area (Å²) in [5.41, 5.74) is 12.1. The van der Waals surface area contributed by atoms with Crippen LogP contribution in [0.1, 0.15) is 31.7 Å². The maximum Gasteiger partial charge on any atom is 0.234 e. The number of carbonyl (C=O) groups excluding carboxylic acids is 1. The van der Waals surface area contributed by atoms with Crippen LogP contribution in [0.3, 0.4) is 0 Å². The number of nitrogens with one attached hydrogen (secondary N) is 1.